The summed E-state index contributed by atoms with van der Waals surface area (Å²) in [6, 6.07) is 10.7. The number of nitrogens with zero attached hydrogens (tertiary/aromatic N) is 1. The first-order valence-corrected chi connectivity index (χ1v) is 10.3. The van der Waals surface area contributed by atoms with Crippen LogP contribution >= 0.6 is 11.6 Å². The summed E-state index contributed by atoms with van der Waals surface area (Å²) >= 11 is 6.07. The number of nitrogens with one attached hydrogen (secondary N) is 1. The van der Waals surface area contributed by atoms with Crippen molar-refractivity contribution >= 4 is 21.6 Å². The highest BCUT2D eigenvalue weighted by Crippen LogP contribution is 2.29. The fourth-order valence-electron chi connectivity index (χ4n) is 3.03. The average molecular weight is 395 g/mol. The first kappa shape index (κ1) is 19.2. The van der Waals surface area contributed by atoms with Gasteiger partial charge in [0.2, 0.25) is 10.0 Å². The SMILES string of the molecule is Cc1ccc(S(=O)(=O)NCC(c2ccc3c(c2)CCO3)N(C)C)cc1Cl. The lowest BCUT2D eigenvalue weighted by molar-refractivity contribution is 0.299. The van der Waals surface area contributed by atoms with Gasteiger partial charge < -0.3 is 9.64 Å². The fourth-order valence-corrected chi connectivity index (χ4v) is 4.33. The van der Waals surface area contributed by atoms with Gasteiger partial charge in [0.1, 0.15) is 5.75 Å². The highest BCUT2D eigenvalue weighted by atomic mass is 35.5. The van der Waals surface area contributed by atoms with Crippen molar-refractivity contribution in [2.75, 3.05) is 27.2 Å². The van der Waals surface area contributed by atoms with Crippen molar-refractivity contribution in [3.63, 3.8) is 0 Å². The van der Waals surface area contributed by atoms with Gasteiger partial charge in [0.05, 0.1) is 11.5 Å². The fraction of sp³-hybridized carbons (Fsp3) is 0.368. The molecule has 1 unspecified atom stereocenters. The van der Waals surface area contributed by atoms with Crippen molar-refractivity contribution in [3.05, 3.63) is 58.1 Å². The molecular formula is C19H23ClN2O3S. The molecule has 0 bridgehead atoms. The van der Waals surface area contributed by atoms with Gasteiger partial charge in [-0.3, -0.25) is 0 Å². The van der Waals surface area contributed by atoms with Crippen LogP contribution in [0.25, 0.3) is 0 Å². The van der Waals surface area contributed by atoms with Crippen LogP contribution < -0.4 is 9.46 Å². The highest BCUT2D eigenvalue weighted by Gasteiger charge is 2.22. The van der Waals surface area contributed by atoms with Crippen molar-refractivity contribution in [2.45, 2.75) is 24.3 Å². The van der Waals surface area contributed by atoms with Crippen LogP contribution in [0.15, 0.2) is 41.3 Å². The minimum atomic E-state index is -3.63. The molecule has 5 nitrogen and oxygen atoms in total. The number of fused-ring (bicyclic) bond motifs is 1. The monoisotopic (exact) mass is 394 g/mol. The Balaban J connectivity index is 1.79. The van der Waals surface area contributed by atoms with Crippen molar-refractivity contribution in [1.29, 1.82) is 0 Å². The first-order valence-electron chi connectivity index (χ1n) is 8.46. The molecule has 0 aliphatic carbocycles. The Labute approximate surface area is 160 Å². The van der Waals surface area contributed by atoms with E-state index in [9.17, 15) is 8.42 Å². The van der Waals surface area contributed by atoms with E-state index in [-0.39, 0.29) is 17.5 Å². The number of rotatable bonds is 6. The summed E-state index contributed by atoms with van der Waals surface area (Å²) in [5.41, 5.74) is 3.07. The largest absolute Gasteiger partial charge is 0.493 e. The zero-order valence-corrected chi connectivity index (χ0v) is 16.7. The lowest BCUT2D eigenvalue weighted by Gasteiger charge is -2.25. The van der Waals surface area contributed by atoms with Gasteiger partial charge in [0.15, 0.2) is 0 Å². The maximum absolute atomic E-state index is 12.6. The molecule has 26 heavy (non-hydrogen) atoms. The Morgan fingerprint density at radius 1 is 1.23 bits per heavy atom. The molecular weight excluding hydrogens is 372 g/mol. The van der Waals surface area contributed by atoms with E-state index in [1.165, 1.54) is 11.6 Å². The molecule has 3 rings (SSSR count). The van der Waals surface area contributed by atoms with Crippen LogP contribution in [0.2, 0.25) is 5.02 Å². The number of halogens is 1. The topological polar surface area (TPSA) is 58.6 Å². The van der Waals surface area contributed by atoms with E-state index in [2.05, 4.69) is 10.8 Å². The molecule has 1 aliphatic rings. The van der Waals surface area contributed by atoms with Crippen molar-refractivity contribution in [3.8, 4) is 5.75 Å². The van der Waals surface area contributed by atoms with E-state index in [0.717, 1.165) is 23.3 Å². The Morgan fingerprint density at radius 3 is 2.69 bits per heavy atom. The molecule has 0 saturated heterocycles. The molecule has 2 aromatic carbocycles. The van der Waals surface area contributed by atoms with Crippen molar-refractivity contribution < 1.29 is 13.2 Å². The number of hydrogen-bond acceptors (Lipinski definition) is 4. The smallest absolute Gasteiger partial charge is 0.240 e. The molecule has 2 aromatic rings. The summed E-state index contributed by atoms with van der Waals surface area (Å²) < 4.78 is 33.5. The number of hydrogen-bond donors (Lipinski definition) is 1. The Bertz CT molecular complexity index is 913. The van der Waals surface area contributed by atoms with E-state index in [4.69, 9.17) is 16.3 Å². The summed E-state index contributed by atoms with van der Waals surface area (Å²) in [4.78, 5) is 2.18. The molecule has 0 amide bonds. The molecule has 1 aliphatic heterocycles. The second-order valence-electron chi connectivity index (χ2n) is 6.71. The summed E-state index contributed by atoms with van der Waals surface area (Å²) in [6.07, 6.45) is 0.886. The van der Waals surface area contributed by atoms with Crippen LogP contribution in [0.3, 0.4) is 0 Å². The molecule has 1 atom stereocenters. The molecule has 0 spiro atoms. The molecule has 0 saturated carbocycles. The second kappa shape index (κ2) is 7.56. The number of benzene rings is 2. The molecule has 1 N–H and O–H groups in total. The van der Waals surface area contributed by atoms with Crippen molar-refractivity contribution in [1.82, 2.24) is 9.62 Å². The normalized spacial score (nSPS) is 15.0. The molecule has 1 heterocycles. The molecule has 7 heteroatoms. The summed E-state index contributed by atoms with van der Waals surface area (Å²) in [6.45, 7) is 2.80. The highest BCUT2D eigenvalue weighted by molar-refractivity contribution is 7.89. The third-order valence-corrected chi connectivity index (χ3v) is 6.47. The van der Waals surface area contributed by atoms with Gasteiger partial charge in [-0.15, -0.1) is 0 Å². The number of ether oxygens (including phenoxy) is 1. The van der Waals surface area contributed by atoms with Gasteiger partial charge in [-0.05, 0) is 55.9 Å². The van der Waals surface area contributed by atoms with Crippen LogP contribution in [-0.4, -0.2) is 40.6 Å². The number of sulfonamides is 1. The molecule has 0 fully saturated rings. The zero-order valence-electron chi connectivity index (χ0n) is 15.1. The van der Waals surface area contributed by atoms with E-state index < -0.39 is 10.0 Å². The van der Waals surface area contributed by atoms with E-state index >= 15 is 0 Å². The maximum atomic E-state index is 12.6. The Hall–Kier alpha value is -1.60. The second-order valence-corrected chi connectivity index (χ2v) is 8.88. The maximum Gasteiger partial charge on any atom is 0.240 e. The summed E-state index contributed by atoms with van der Waals surface area (Å²) in [7, 11) is 0.238. The quantitative estimate of drug-likeness (QED) is 0.817. The van der Waals surface area contributed by atoms with Gasteiger partial charge in [-0.2, -0.15) is 0 Å². The molecule has 140 valence electrons. The van der Waals surface area contributed by atoms with Gasteiger partial charge in [-0.1, -0.05) is 29.8 Å². The third-order valence-electron chi connectivity index (χ3n) is 4.64. The van der Waals surface area contributed by atoms with Crippen LogP contribution in [-0.2, 0) is 16.4 Å². The van der Waals surface area contributed by atoms with E-state index in [0.29, 0.717) is 11.6 Å². The first-order chi connectivity index (χ1) is 12.3. The van der Waals surface area contributed by atoms with Crippen LogP contribution in [0.4, 0.5) is 0 Å². The molecule has 0 aromatic heterocycles. The number of likely N-dealkylation sites (N-methyl/N-ethyl adjacent to an activating group) is 1. The van der Waals surface area contributed by atoms with Gasteiger partial charge >= 0.3 is 0 Å². The van der Waals surface area contributed by atoms with Gasteiger partial charge in [0, 0.05) is 24.0 Å². The predicted molar refractivity (Wildman–Crippen MR) is 103 cm³/mol. The lowest BCUT2D eigenvalue weighted by Crippen LogP contribution is -2.34. The summed E-state index contributed by atoms with van der Waals surface area (Å²) in [5.74, 6) is 0.918. The van der Waals surface area contributed by atoms with Crippen LogP contribution in [0.1, 0.15) is 22.7 Å². The van der Waals surface area contributed by atoms with Crippen LogP contribution in [0, 0.1) is 6.92 Å². The van der Waals surface area contributed by atoms with Gasteiger partial charge in [-0.25, -0.2) is 13.1 Å². The third kappa shape index (κ3) is 4.04. The number of aryl methyl sites for hydroxylation is 1. The van der Waals surface area contributed by atoms with E-state index in [1.54, 1.807) is 12.1 Å². The van der Waals surface area contributed by atoms with Gasteiger partial charge in [0.25, 0.3) is 0 Å². The average Bonchev–Trinajstić information content (AvgIpc) is 3.04. The van der Waals surface area contributed by atoms with Crippen molar-refractivity contribution in [2.24, 2.45) is 0 Å². The zero-order chi connectivity index (χ0) is 18.9. The Kier molecular flexibility index (Phi) is 5.58. The minimum absolute atomic E-state index is 0.0865. The minimum Gasteiger partial charge on any atom is -0.493 e. The lowest BCUT2D eigenvalue weighted by atomic mass is 10.0. The standard InChI is InChI=1S/C19H23ClN2O3S/c1-13-4-6-16(11-17(13)20)26(23,24)21-12-18(22(2)3)14-5-7-19-15(10-14)8-9-25-19/h4-7,10-11,18,21H,8-9,12H2,1-3H3. The van der Waals surface area contributed by atoms with Crippen LogP contribution in [0.5, 0.6) is 5.75 Å². The molecule has 0 radical (unpaired) electrons. The predicted octanol–water partition coefficient (Wildman–Crippen LogP) is 3.16. The summed E-state index contributed by atoms with van der Waals surface area (Å²) in [5, 5.41) is 0.440. The Morgan fingerprint density at radius 2 is 2.00 bits per heavy atom. The van der Waals surface area contributed by atoms with E-state index in [1.807, 2.05) is 38.1 Å².